The monoisotopic (exact) mass is 322 g/mol. The minimum absolute atomic E-state index is 0.487. The number of halogens is 2. The molecule has 0 aromatic heterocycles. The van der Waals surface area contributed by atoms with Crippen molar-refractivity contribution < 1.29 is 4.79 Å². The van der Waals surface area contributed by atoms with Crippen molar-refractivity contribution in [3.63, 3.8) is 0 Å². The molecule has 0 heterocycles. The van der Waals surface area contributed by atoms with Crippen LogP contribution in [0.15, 0.2) is 0 Å². The third kappa shape index (κ3) is 1.82. The fourth-order valence-electron chi connectivity index (χ4n) is 3.22. The summed E-state index contributed by atoms with van der Waals surface area (Å²) in [6.45, 7) is 0. The second-order valence-electron chi connectivity index (χ2n) is 4.58. The highest BCUT2D eigenvalue weighted by Gasteiger charge is 2.48. The summed E-state index contributed by atoms with van der Waals surface area (Å²) < 4.78 is 0. The predicted molar refractivity (Wildman–Crippen MR) is 65.0 cm³/mol. The first-order valence-corrected chi connectivity index (χ1v) is 7.66. The molecule has 3 heteroatoms. The van der Waals surface area contributed by atoms with Crippen LogP contribution < -0.4 is 0 Å². The highest BCUT2D eigenvalue weighted by molar-refractivity contribution is 9.09. The lowest BCUT2D eigenvalue weighted by molar-refractivity contribution is -0.123. The van der Waals surface area contributed by atoms with Crippen LogP contribution in [0.2, 0.25) is 0 Å². The maximum atomic E-state index is 11.4. The molecule has 3 aliphatic rings. The highest BCUT2D eigenvalue weighted by atomic mass is 79.9. The molecule has 0 spiro atoms. The fourth-order valence-corrected chi connectivity index (χ4v) is 5.14. The molecule has 3 saturated carbocycles. The van der Waals surface area contributed by atoms with E-state index in [2.05, 4.69) is 31.9 Å². The summed E-state index contributed by atoms with van der Waals surface area (Å²) in [5.41, 5.74) is 0. The summed E-state index contributed by atoms with van der Waals surface area (Å²) in [6, 6.07) is 0. The minimum atomic E-state index is 0.487. The van der Waals surface area contributed by atoms with Gasteiger partial charge in [0.05, 0.1) is 0 Å². The first-order valence-electron chi connectivity index (χ1n) is 5.41. The summed E-state index contributed by atoms with van der Waals surface area (Å²) in [6.07, 6.45) is 3.90. The van der Waals surface area contributed by atoms with Gasteiger partial charge < -0.3 is 0 Å². The molecule has 3 fully saturated rings. The quantitative estimate of drug-likeness (QED) is 0.712. The Morgan fingerprint density at radius 2 is 1.43 bits per heavy atom. The van der Waals surface area contributed by atoms with Gasteiger partial charge in [-0.2, -0.15) is 0 Å². The van der Waals surface area contributed by atoms with Crippen molar-refractivity contribution in [2.75, 3.05) is 10.7 Å². The molecule has 0 amide bonds. The van der Waals surface area contributed by atoms with E-state index < -0.39 is 0 Å². The average Bonchev–Trinajstić information content (AvgIpc) is 2.12. The van der Waals surface area contributed by atoms with Crippen LogP contribution in [0.5, 0.6) is 0 Å². The first-order chi connectivity index (χ1) is 6.77. The number of hydrogen-bond acceptors (Lipinski definition) is 1. The van der Waals surface area contributed by atoms with E-state index in [0.717, 1.165) is 60.0 Å². The van der Waals surface area contributed by atoms with Crippen molar-refractivity contribution in [2.24, 2.45) is 23.7 Å². The number of carbonyl (C=O) groups excluding carboxylic acids is 1. The zero-order valence-electron chi connectivity index (χ0n) is 8.22. The smallest absolute Gasteiger partial charge is 0.132 e. The molecule has 0 aliphatic heterocycles. The van der Waals surface area contributed by atoms with Gasteiger partial charge in [0.2, 0.25) is 0 Å². The number of hydrogen-bond donors (Lipinski definition) is 0. The van der Waals surface area contributed by atoms with E-state index in [1.54, 1.807) is 0 Å². The number of carbonyl (C=O) groups is 1. The zero-order valence-corrected chi connectivity index (χ0v) is 11.4. The molecule has 0 saturated heterocycles. The number of alkyl halides is 2. The Hall–Kier alpha value is 0.630. The van der Waals surface area contributed by atoms with E-state index in [0.29, 0.717) is 5.78 Å². The zero-order chi connectivity index (χ0) is 10.1. The molecule has 14 heavy (non-hydrogen) atoms. The third-order valence-electron chi connectivity index (χ3n) is 4.07. The van der Waals surface area contributed by atoms with Gasteiger partial charge in [-0.15, -0.1) is 0 Å². The van der Waals surface area contributed by atoms with Gasteiger partial charge in [-0.3, -0.25) is 4.79 Å². The first kappa shape index (κ1) is 11.1. The van der Waals surface area contributed by atoms with E-state index in [9.17, 15) is 4.79 Å². The van der Waals surface area contributed by atoms with Gasteiger partial charge >= 0.3 is 0 Å². The lowest BCUT2D eigenvalue weighted by Crippen LogP contribution is -2.50. The molecule has 0 N–H and O–H groups in total. The van der Waals surface area contributed by atoms with Gasteiger partial charge in [0.15, 0.2) is 0 Å². The Balaban J connectivity index is 2.05. The van der Waals surface area contributed by atoms with E-state index >= 15 is 0 Å². The molecule has 0 aromatic rings. The lowest BCUT2D eigenvalue weighted by atomic mass is 9.54. The molecule has 2 bridgehead atoms. The predicted octanol–water partition coefficient (Wildman–Crippen LogP) is 3.40. The van der Waals surface area contributed by atoms with Gasteiger partial charge in [-0.1, -0.05) is 31.9 Å². The largest absolute Gasteiger partial charge is 0.300 e. The number of ketones is 1. The number of fused-ring (bicyclic) bond motifs is 4. The molecule has 0 atom stereocenters. The third-order valence-corrected chi connectivity index (χ3v) is 5.56. The van der Waals surface area contributed by atoms with Gasteiger partial charge in [0, 0.05) is 23.5 Å². The Morgan fingerprint density at radius 3 is 1.79 bits per heavy atom. The normalized spacial score (nSPS) is 42.6. The van der Waals surface area contributed by atoms with E-state index in [1.807, 2.05) is 0 Å². The van der Waals surface area contributed by atoms with Crippen LogP contribution in [-0.4, -0.2) is 16.4 Å². The Morgan fingerprint density at radius 1 is 1.00 bits per heavy atom. The van der Waals surface area contributed by atoms with E-state index in [1.165, 1.54) is 0 Å². The van der Waals surface area contributed by atoms with Crippen LogP contribution in [0.1, 0.15) is 25.7 Å². The molecular formula is C11H16Br2O. The van der Waals surface area contributed by atoms with Crippen LogP contribution in [0, 0.1) is 23.7 Å². The molecule has 0 unspecified atom stereocenters. The minimum Gasteiger partial charge on any atom is -0.300 e. The standard InChI is InChI=1S/C11H16Br2O/c12-5-10-8-3-1-7(14)2-4-9(10)11(8)6-13/h8-11H,1-6H2. The second-order valence-corrected chi connectivity index (χ2v) is 5.88. The molecule has 80 valence electrons. The number of rotatable bonds is 2. The van der Waals surface area contributed by atoms with Gasteiger partial charge in [0.1, 0.15) is 5.78 Å². The molecule has 1 nitrogen and oxygen atoms in total. The second kappa shape index (κ2) is 4.65. The maximum absolute atomic E-state index is 11.4. The fraction of sp³-hybridized carbons (Fsp3) is 0.909. The van der Waals surface area contributed by atoms with Crippen molar-refractivity contribution in [1.29, 1.82) is 0 Å². The summed E-state index contributed by atoms with van der Waals surface area (Å²) in [4.78, 5) is 11.4. The molecule has 0 radical (unpaired) electrons. The maximum Gasteiger partial charge on any atom is 0.132 e. The molecule has 0 aromatic carbocycles. The SMILES string of the molecule is O=C1CCC2C(CBr)C(CC1)C2CBr. The van der Waals surface area contributed by atoms with Crippen LogP contribution in [0.25, 0.3) is 0 Å². The molecule has 3 rings (SSSR count). The van der Waals surface area contributed by atoms with Gasteiger partial charge in [-0.25, -0.2) is 0 Å². The van der Waals surface area contributed by atoms with Crippen LogP contribution >= 0.6 is 31.9 Å². The van der Waals surface area contributed by atoms with Crippen LogP contribution in [0.3, 0.4) is 0 Å². The summed E-state index contributed by atoms with van der Waals surface area (Å²) in [7, 11) is 0. The summed E-state index contributed by atoms with van der Waals surface area (Å²) in [5, 5.41) is 2.25. The Kier molecular flexibility index (Phi) is 3.69. The topological polar surface area (TPSA) is 17.1 Å². The van der Waals surface area contributed by atoms with Crippen molar-refractivity contribution in [2.45, 2.75) is 25.7 Å². The lowest BCUT2D eigenvalue weighted by Gasteiger charge is -2.53. The van der Waals surface area contributed by atoms with E-state index in [4.69, 9.17) is 0 Å². The Bertz CT molecular complexity index is 199. The number of Topliss-reactive ketones (excluding diaryl/α,β-unsaturated/α-hetero) is 1. The van der Waals surface area contributed by atoms with Crippen molar-refractivity contribution in [3.8, 4) is 0 Å². The van der Waals surface area contributed by atoms with Crippen LogP contribution in [-0.2, 0) is 4.79 Å². The van der Waals surface area contributed by atoms with Gasteiger partial charge in [-0.05, 0) is 36.5 Å². The van der Waals surface area contributed by atoms with Crippen molar-refractivity contribution in [1.82, 2.24) is 0 Å². The summed E-state index contributed by atoms with van der Waals surface area (Å²) >= 11 is 7.23. The van der Waals surface area contributed by atoms with Crippen LogP contribution in [0.4, 0.5) is 0 Å². The summed E-state index contributed by atoms with van der Waals surface area (Å²) in [5.74, 6) is 3.75. The van der Waals surface area contributed by atoms with Crippen molar-refractivity contribution in [3.05, 3.63) is 0 Å². The molecular weight excluding hydrogens is 308 g/mol. The highest BCUT2D eigenvalue weighted by Crippen LogP contribution is 2.53. The average molecular weight is 324 g/mol. The molecule has 3 aliphatic carbocycles. The van der Waals surface area contributed by atoms with Gasteiger partial charge in [0.25, 0.3) is 0 Å². The van der Waals surface area contributed by atoms with Crippen molar-refractivity contribution >= 4 is 37.6 Å². The van der Waals surface area contributed by atoms with E-state index in [-0.39, 0.29) is 0 Å². The Labute approximate surface area is 102 Å².